The molecule has 0 radical (unpaired) electrons. The van der Waals surface area contributed by atoms with E-state index in [4.69, 9.17) is 4.98 Å². The van der Waals surface area contributed by atoms with Crippen LogP contribution < -0.4 is 5.32 Å². The number of hydrogen-bond donors (Lipinski definition) is 1. The third-order valence-electron chi connectivity index (χ3n) is 3.59. The van der Waals surface area contributed by atoms with Crippen LogP contribution in [0.2, 0.25) is 0 Å². The SMILES string of the molecule is CCNc1nc(CC)nc(-c2cccc3ccsc23)c1C. The molecule has 0 aliphatic rings. The van der Waals surface area contributed by atoms with E-state index in [-0.39, 0.29) is 0 Å². The molecule has 108 valence electrons. The van der Waals surface area contributed by atoms with Gasteiger partial charge in [0, 0.05) is 28.8 Å². The molecule has 0 aliphatic heterocycles. The van der Waals surface area contributed by atoms with Crippen LogP contribution in [-0.2, 0) is 6.42 Å². The summed E-state index contributed by atoms with van der Waals surface area (Å²) in [4.78, 5) is 9.40. The average Bonchev–Trinajstić information content (AvgIpc) is 2.98. The first-order chi connectivity index (χ1) is 10.2. The summed E-state index contributed by atoms with van der Waals surface area (Å²) in [5.74, 6) is 1.84. The number of rotatable bonds is 4. The van der Waals surface area contributed by atoms with Crippen LogP contribution in [0.4, 0.5) is 5.82 Å². The number of nitrogens with zero attached hydrogens (tertiary/aromatic N) is 2. The Balaban J connectivity index is 2.26. The Kier molecular flexibility index (Phi) is 3.88. The quantitative estimate of drug-likeness (QED) is 0.761. The number of nitrogens with one attached hydrogen (secondary N) is 1. The molecule has 4 heteroatoms. The number of hydrogen-bond acceptors (Lipinski definition) is 4. The number of anilines is 1. The molecule has 0 aliphatic carbocycles. The second-order valence-electron chi connectivity index (χ2n) is 4.99. The van der Waals surface area contributed by atoms with E-state index in [1.54, 1.807) is 11.3 Å². The lowest BCUT2D eigenvalue weighted by atomic mass is 10.1. The standard InChI is InChI=1S/C17H19N3S/c1-4-14-19-15(11(3)17(20-14)18-5-2)13-8-6-7-12-9-10-21-16(12)13/h6-10H,4-5H2,1-3H3,(H,18,19,20). The third-order valence-corrected chi connectivity index (χ3v) is 4.55. The van der Waals surface area contributed by atoms with Crippen LogP contribution in [0.1, 0.15) is 25.2 Å². The van der Waals surface area contributed by atoms with E-state index in [1.165, 1.54) is 15.6 Å². The Morgan fingerprint density at radius 1 is 1.14 bits per heavy atom. The normalized spacial score (nSPS) is 11.0. The van der Waals surface area contributed by atoms with Gasteiger partial charge in [-0.1, -0.05) is 25.1 Å². The monoisotopic (exact) mass is 297 g/mol. The van der Waals surface area contributed by atoms with Crippen molar-refractivity contribution in [2.45, 2.75) is 27.2 Å². The second-order valence-corrected chi connectivity index (χ2v) is 5.91. The van der Waals surface area contributed by atoms with Crippen molar-refractivity contribution in [1.29, 1.82) is 0 Å². The molecule has 0 unspecified atom stereocenters. The molecule has 0 saturated carbocycles. The lowest BCUT2D eigenvalue weighted by Gasteiger charge is -2.13. The van der Waals surface area contributed by atoms with E-state index >= 15 is 0 Å². The fourth-order valence-electron chi connectivity index (χ4n) is 2.50. The first-order valence-electron chi connectivity index (χ1n) is 7.32. The highest BCUT2D eigenvalue weighted by molar-refractivity contribution is 7.17. The van der Waals surface area contributed by atoms with Gasteiger partial charge in [-0.3, -0.25) is 0 Å². The third kappa shape index (κ3) is 2.51. The van der Waals surface area contributed by atoms with Crippen molar-refractivity contribution < 1.29 is 0 Å². The van der Waals surface area contributed by atoms with Crippen LogP contribution in [0, 0.1) is 6.92 Å². The van der Waals surface area contributed by atoms with Gasteiger partial charge in [0.25, 0.3) is 0 Å². The minimum atomic E-state index is 0.839. The van der Waals surface area contributed by atoms with E-state index < -0.39 is 0 Å². The maximum atomic E-state index is 4.79. The Labute approximate surface area is 129 Å². The lowest BCUT2D eigenvalue weighted by Crippen LogP contribution is -2.07. The predicted octanol–water partition coefficient (Wildman–Crippen LogP) is 4.66. The Morgan fingerprint density at radius 3 is 2.76 bits per heavy atom. The van der Waals surface area contributed by atoms with Crippen molar-refractivity contribution in [2.75, 3.05) is 11.9 Å². The van der Waals surface area contributed by atoms with Crippen molar-refractivity contribution in [2.24, 2.45) is 0 Å². The summed E-state index contributed by atoms with van der Waals surface area (Å²) in [5.41, 5.74) is 3.37. The highest BCUT2D eigenvalue weighted by Crippen LogP contribution is 2.34. The van der Waals surface area contributed by atoms with Crippen molar-refractivity contribution >= 4 is 27.2 Å². The summed E-state index contributed by atoms with van der Waals surface area (Å²) in [7, 11) is 0. The van der Waals surface area contributed by atoms with Gasteiger partial charge in [0.05, 0.1) is 5.69 Å². The molecular formula is C17H19N3S. The largest absolute Gasteiger partial charge is 0.370 e. The van der Waals surface area contributed by atoms with Crippen molar-refractivity contribution in [3.8, 4) is 11.3 Å². The van der Waals surface area contributed by atoms with Crippen LogP contribution in [0.3, 0.4) is 0 Å². The summed E-state index contributed by atoms with van der Waals surface area (Å²) in [5, 5.41) is 6.77. The first-order valence-corrected chi connectivity index (χ1v) is 8.20. The lowest BCUT2D eigenvalue weighted by molar-refractivity contribution is 0.930. The number of aromatic nitrogens is 2. The smallest absolute Gasteiger partial charge is 0.133 e. The molecule has 21 heavy (non-hydrogen) atoms. The number of benzene rings is 1. The molecule has 0 atom stereocenters. The maximum absolute atomic E-state index is 4.79. The molecule has 0 spiro atoms. The molecule has 2 aromatic heterocycles. The summed E-state index contributed by atoms with van der Waals surface area (Å²) < 4.78 is 1.30. The Hall–Kier alpha value is -1.94. The topological polar surface area (TPSA) is 37.8 Å². The van der Waals surface area contributed by atoms with Gasteiger partial charge in [-0.05, 0) is 30.7 Å². The molecule has 3 rings (SSSR count). The second kappa shape index (κ2) is 5.82. The van der Waals surface area contributed by atoms with Crippen LogP contribution in [0.15, 0.2) is 29.6 Å². The van der Waals surface area contributed by atoms with Crippen LogP contribution >= 0.6 is 11.3 Å². The Bertz CT molecular complexity index is 777. The van der Waals surface area contributed by atoms with Crippen LogP contribution in [0.25, 0.3) is 21.3 Å². The van der Waals surface area contributed by atoms with Gasteiger partial charge in [-0.25, -0.2) is 9.97 Å². The Morgan fingerprint density at radius 2 is 2.00 bits per heavy atom. The van der Waals surface area contributed by atoms with E-state index in [1.807, 2.05) is 0 Å². The van der Waals surface area contributed by atoms with Gasteiger partial charge in [0.15, 0.2) is 0 Å². The highest BCUT2D eigenvalue weighted by atomic mass is 32.1. The van der Waals surface area contributed by atoms with Crippen LogP contribution in [-0.4, -0.2) is 16.5 Å². The molecule has 1 aromatic carbocycles. The first kappa shape index (κ1) is 14.0. The van der Waals surface area contributed by atoms with Gasteiger partial charge in [0.2, 0.25) is 0 Å². The zero-order chi connectivity index (χ0) is 14.8. The number of aryl methyl sites for hydroxylation is 1. The molecule has 3 aromatic rings. The van der Waals surface area contributed by atoms with Gasteiger partial charge in [-0.15, -0.1) is 11.3 Å². The summed E-state index contributed by atoms with van der Waals surface area (Å²) in [6.45, 7) is 7.14. The molecule has 0 saturated heterocycles. The zero-order valence-electron chi connectivity index (χ0n) is 12.6. The fourth-order valence-corrected chi connectivity index (χ4v) is 3.42. The fraction of sp³-hybridized carbons (Fsp3) is 0.294. The van der Waals surface area contributed by atoms with E-state index in [9.17, 15) is 0 Å². The molecule has 3 nitrogen and oxygen atoms in total. The highest BCUT2D eigenvalue weighted by Gasteiger charge is 2.14. The van der Waals surface area contributed by atoms with E-state index in [0.29, 0.717) is 0 Å². The molecule has 0 amide bonds. The molecule has 2 heterocycles. The molecule has 1 N–H and O–H groups in total. The average molecular weight is 297 g/mol. The van der Waals surface area contributed by atoms with Gasteiger partial charge in [-0.2, -0.15) is 0 Å². The summed E-state index contributed by atoms with van der Waals surface area (Å²) in [6.07, 6.45) is 0.839. The molecule has 0 fully saturated rings. The van der Waals surface area contributed by atoms with E-state index in [2.05, 4.69) is 60.7 Å². The molecule has 0 bridgehead atoms. The number of fused-ring (bicyclic) bond motifs is 1. The van der Waals surface area contributed by atoms with Crippen molar-refractivity contribution in [3.05, 3.63) is 41.0 Å². The van der Waals surface area contributed by atoms with Gasteiger partial charge < -0.3 is 5.32 Å². The molecular weight excluding hydrogens is 278 g/mol. The van der Waals surface area contributed by atoms with Gasteiger partial charge >= 0.3 is 0 Å². The summed E-state index contributed by atoms with van der Waals surface area (Å²) >= 11 is 1.77. The van der Waals surface area contributed by atoms with Gasteiger partial charge in [0.1, 0.15) is 11.6 Å². The predicted molar refractivity (Wildman–Crippen MR) is 91.1 cm³/mol. The minimum absolute atomic E-state index is 0.839. The summed E-state index contributed by atoms with van der Waals surface area (Å²) in [6, 6.07) is 8.57. The van der Waals surface area contributed by atoms with Crippen LogP contribution in [0.5, 0.6) is 0 Å². The van der Waals surface area contributed by atoms with E-state index in [0.717, 1.165) is 35.9 Å². The van der Waals surface area contributed by atoms with Crippen molar-refractivity contribution in [1.82, 2.24) is 9.97 Å². The number of thiophene rings is 1. The maximum Gasteiger partial charge on any atom is 0.133 e. The zero-order valence-corrected chi connectivity index (χ0v) is 13.4. The minimum Gasteiger partial charge on any atom is -0.370 e. The van der Waals surface area contributed by atoms with Crippen molar-refractivity contribution in [3.63, 3.8) is 0 Å².